The van der Waals surface area contributed by atoms with Crippen LogP contribution in [0.15, 0.2) is 11.6 Å². The van der Waals surface area contributed by atoms with Gasteiger partial charge in [0.05, 0.1) is 18.2 Å². The molecule has 0 aromatic heterocycles. The quantitative estimate of drug-likeness (QED) is 0.548. The van der Waals surface area contributed by atoms with Gasteiger partial charge < -0.3 is 14.9 Å². The van der Waals surface area contributed by atoms with Crippen molar-refractivity contribution in [2.24, 2.45) is 28.6 Å². The van der Waals surface area contributed by atoms with Crippen molar-refractivity contribution in [1.29, 1.82) is 0 Å². The Morgan fingerprint density at radius 1 is 1.17 bits per heavy atom. The number of halogens is 2. The minimum atomic E-state index is -2.71. The number of carbonyl (C=O) groups is 2. The number of hydrogen-bond acceptors (Lipinski definition) is 5. The van der Waals surface area contributed by atoms with Gasteiger partial charge in [0.1, 0.15) is 5.60 Å². The van der Waals surface area contributed by atoms with E-state index in [1.54, 1.807) is 33.8 Å². The second-order valence-corrected chi connectivity index (χ2v) is 13.3. The summed E-state index contributed by atoms with van der Waals surface area (Å²) in [4.78, 5) is 27.4. The number of aliphatic hydroxyl groups is 2. The van der Waals surface area contributed by atoms with Gasteiger partial charge in [-0.15, -0.1) is 0 Å². The summed E-state index contributed by atoms with van der Waals surface area (Å²) in [7, 11) is 0. The molecule has 8 atom stereocenters. The standard InChI is InChI=1S/C28H43F2NO5/c1-16(31(15-23(29)30)24(34)36-25(2,3)4)18-9-12-28(35)20-14-22(33)21-13-17(32)7-10-26(21,5)19(20)8-11-27(18,28)6/h14,16-19,21,23,32,35H,7-13,15H2,1-6H3/t16?,17?,18?,19?,21?,26?,27?,28-/m1/s1. The van der Waals surface area contributed by atoms with Crippen LogP contribution in [0, 0.1) is 28.6 Å². The predicted octanol–water partition coefficient (Wildman–Crippen LogP) is 5.11. The van der Waals surface area contributed by atoms with Crippen molar-refractivity contribution in [3.63, 3.8) is 0 Å². The van der Waals surface area contributed by atoms with Gasteiger partial charge in [-0.3, -0.25) is 9.69 Å². The molecule has 7 unspecified atom stereocenters. The maximum absolute atomic E-state index is 13.6. The number of nitrogens with zero attached hydrogens (tertiary/aromatic N) is 1. The molecule has 0 radical (unpaired) electrons. The number of allylic oxidation sites excluding steroid dienone is 1. The Balaban J connectivity index is 1.66. The molecular formula is C28H43F2NO5. The van der Waals surface area contributed by atoms with Gasteiger partial charge in [0, 0.05) is 17.4 Å². The molecule has 0 bridgehead atoms. The van der Waals surface area contributed by atoms with Gasteiger partial charge in [-0.25, -0.2) is 13.6 Å². The van der Waals surface area contributed by atoms with Gasteiger partial charge >= 0.3 is 6.09 Å². The van der Waals surface area contributed by atoms with Gasteiger partial charge in [0.25, 0.3) is 6.43 Å². The molecule has 0 aliphatic heterocycles. The maximum Gasteiger partial charge on any atom is 0.410 e. The van der Waals surface area contributed by atoms with Crippen molar-refractivity contribution < 1.29 is 33.3 Å². The number of fused-ring (bicyclic) bond motifs is 5. The van der Waals surface area contributed by atoms with E-state index in [0.29, 0.717) is 32.1 Å². The van der Waals surface area contributed by atoms with Crippen molar-refractivity contribution in [2.75, 3.05) is 6.54 Å². The Labute approximate surface area is 213 Å². The fourth-order valence-electron chi connectivity index (χ4n) is 8.22. The third-order valence-electron chi connectivity index (χ3n) is 10.2. The van der Waals surface area contributed by atoms with Crippen molar-refractivity contribution >= 4 is 11.9 Å². The molecule has 0 aromatic rings. The lowest BCUT2D eigenvalue weighted by Gasteiger charge is -2.60. The van der Waals surface area contributed by atoms with Crippen LogP contribution >= 0.6 is 0 Å². The zero-order valence-electron chi connectivity index (χ0n) is 22.5. The van der Waals surface area contributed by atoms with E-state index in [0.717, 1.165) is 23.3 Å². The summed E-state index contributed by atoms with van der Waals surface area (Å²) in [5.41, 5.74) is -2.25. The molecule has 4 rings (SSSR count). The maximum atomic E-state index is 13.6. The number of alkyl halides is 2. The van der Waals surface area contributed by atoms with Crippen LogP contribution in [-0.2, 0) is 9.53 Å². The van der Waals surface area contributed by atoms with Crippen LogP contribution in [0.5, 0.6) is 0 Å². The number of carbonyl (C=O) groups excluding carboxylic acids is 2. The van der Waals surface area contributed by atoms with Crippen LogP contribution in [0.4, 0.5) is 13.6 Å². The predicted molar refractivity (Wildman–Crippen MR) is 131 cm³/mol. The summed E-state index contributed by atoms with van der Waals surface area (Å²) < 4.78 is 32.6. The Kier molecular flexibility index (Phi) is 6.90. The topological polar surface area (TPSA) is 87.1 Å². The number of rotatable bonds is 4. The highest BCUT2D eigenvalue weighted by molar-refractivity contribution is 5.95. The molecule has 3 saturated carbocycles. The van der Waals surface area contributed by atoms with Crippen LogP contribution in [0.1, 0.15) is 86.5 Å². The van der Waals surface area contributed by atoms with Crippen molar-refractivity contribution in [3.8, 4) is 0 Å². The third kappa shape index (κ3) is 4.30. The molecule has 4 aliphatic carbocycles. The fraction of sp³-hybridized carbons (Fsp3) is 0.857. The van der Waals surface area contributed by atoms with Crippen molar-refractivity contribution in [3.05, 3.63) is 11.6 Å². The number of amides is 1. The minimum Gasteiger partial charge on any atom is -0.444 e. The SMILES string of the molecule is CC(C1CC[C@@]2(O)C3=CC(=O)C4CC(O)CCC4(C)C3CCC12C)N(CC(F)F)C(=O)OC(C)(C)C. The fourth-order valence-corrected chi connectivity index (χ4v) is 8.22. The number of ether oxygens (including phenoxy) is 1. The summed E-state index contributed by atoms with van der Waals surface area (Å²) in [5.74, 6) is -0.454. The van der Waals surface area contributed by atoms with E-state index in [2.05, 4.69) is 6.92 Å². The van der Waals surface area contributed by atoms with Gasteiger partial charge in [-0.2, -0.15) is 0 Å². The summed E-state index contributed by atoms with van der Waals surface area (Å²) in [5, 5.41) is 22.5. The summed E-state index contributed by atoms with van der Waals surface area (Å²) in [6.45, 7) is 10.3. The van der Waals surface area contributed by atoms with E-state index < -0.39 is 47.8 Å². The smallest absolute Gasteiger partial charge is 0.410 e. The van der Waals surface area contributed by atoms with Crippen molar-refractivity contribution in [1.82, 2.24) is 4.90 Å². The van der Waals surface area contributed by atoms with E-state index in [-0.39, 0.29) is 29.0 Å². The molecule has 3 fully saturated rings. The van der Waals surface area contributed by atoms with Crippen LogP contribution in [0.25, 0.3) is 0 Å². The molecule has 6 nitrogen and oxygen atoms in total. The Bertz CT molecular complexity index is 931. The first-order valence-electron chi connectivity index (χ1n) is 13.5. The van der Waals surface area contributed by atoms with E-state index in [1.807, 2.05) is 6.92 Å². The lowest BCUT2D eigenvalue weighted by molar-refractivity contribution is -0.141. The molecule has 36 heavy (non-hydrogen) atoms. The first-order chi connectivity index (χ1) is 16.5. The minimum absolute atomic E-state index is 0.0234. The summed E-state index contributed by atoms with van der Waals surface area (Å²) in [6, 6.07) is -0.572. The molecule has 4 aliphatic rings. The summed E-state index contributed by atoms with van der Waals surface area (Å²) in [6.07, 6.45) is 1.99. The van der Waals surface area contributed by atoms with Crippen LogP contribution in [-0.4, -0.2) is 63.3 Å². The van der Waals surface area contributed by atoms with Crippen LogP contribution < -0.4 is 0 Å². The first kappa shape index (κ1) is 27.5. The monoisotopic (exact) mass is 511 g/mol. The van der Waals surface area contributed by atoms with Crippen molar-refractivity contribution in [2.45, 2.75) is 116 Å². The highest BCUT2D eigenvalue weighted by Crippen LogP contribution is 2.67. The molecule has 204 valence electrons. The third-order valence-corrected chi connectivity index (χ3v) is 10.2. The molecule has 0 aromatic carbocycles. The van der Waals surface area contributed by atoms with E-state index >= 15 is 0 Å². The van der Waals surface area contributed by atoms with E-state index in [1.165, 1.54) is 0 Å². The molecule has 2 N–H and O–H groups in total. The average Bonchev–Trinajstić information content (AvgIpc) is 3.03. The Morgan fingerprint density at radius 2 is 1.83 bits per heavy atom. The second kappa shape index (κ2) is 9.04. The molecule has 0 saturated heterocycles. The van der Waals surface area contributed by atoms with Gasteiger partial charge in [-0.05, 0) is 102 Å². The van der Waals surface area contributed by atoms with Crippen LogP contribution in [0.2, 0.25) is 0 Å². The molecular weight excluding hydrogens is 468 g/mol. The molecule has 1 amide bonds. The number of ketones is 1. The van der Waals surface area contributed by atoms with Gasteiger partial charge in [0.2, 0.25) is 0 Å². The lowest BCUT2D eigenvalue weighted by Crippen LogP contribution is -2.60. The highest BCUT2D eigenvalue weighted by atomic mass is 19.3. The molecule has 0 spiro atoms. The number of aliphatic hydroxyl groups excluding tert-OH is 1. The van der Waals surface area contributed by atoms with Gasteiger partial charge in [-0.1, -0.05) is 13.8 Å². The zero-order chi connectivity index (χ0) is 26.8. The first-order valence-corrected chi connectivity index (χ1v) is 13.5. The second-order valence-electron chi connectivity index (χ2n) is 13.3. The normalized spacial score (nSPS) is 41.2. The van der Waals surface area contributed by atoms with Crippen LogP contribution in [0.3, 0.4) is 0 Å². The van der Waals surface area contributed by atoms with Gasteiger partial charge in [0.15, 0.2) is 5.78 Å². The lowest BCUT2D eigenvalue weighted by atomic mass is 9.46. The van der Waals surface area contributed by atoms with E-state index in [9.17, 15) is 28.6 Å². The molecule has 0 heterocycles. The highest BCUT2D eigenvalue weighted by Gasteiger charge is 2.67. The average molecular weight is 512 g/mol. The number of hydrogen-bond donors (Lipinski definition) is 2. The Hall–Kier alpha value is -1.54. The summed E-state index contributed by atoms with van der Waals surface area (Å²) >= 11 is 0. The van der Waals surface area contributed by atoms with E-state index in [4.69, 9.17) is 4.74 Å². The Morgan fingerprint density at radius 3 is 2.44 bits per heavy atom. The zero-order valence-corrected chi connectivity index (χ0v) is 22.5. The largest absolute Gasteiger partial charge is 0.444 e. The molecule has 8 heteroatoms.